The zero-order valence-corrected chi connectivity index (χ0v) is 16.5. The number of pyridine rings is 2. The summed E-state index contributed by atoms with van der Waals surface area (Å²) < 4.78 is 10.8. The third-order valence-electron chi connectivity index (χ3n) is 4.98. The van der Waals surface area contributed by atoms with Gasteiger partial charge >= 0.3 is 11.9 Å². The van der Waals surface area contributed by atoms with Crippen molar-refractivity contribution in [1.82, 2.24) is 9.97 Å². The van der Waals surface area contributed by atoms with Crippen LogP contribution in [0.4, 0.5) is 0 Å². The maximum atomic E-state index is 13.0. The van der Waals surface area contributed by atoms with Crippen molar-refractivity contribution in [3.8, 4) is 22.6 Å². The Kier molecular flexibility index (Phi) is 4.76. The number of benzene rings is 2. The summed E-state index contributed by atoms with van der Waals surface area (Å²) >= 11 is 0. The number of carbonyl (C=O) groups excluding carboxylic acids is 3. The molecule has 2 heterocycles. The summed E-state index contributed by atoms with van der Waals surface area (Å²) in [5, 5.41) is 0. The molecule has 7 nitrogen and oxygen atoms in total. The van der Waals surface area contributed by atoms with E-state index in [0.717, 1.165) is 11.1 Å². The van der Waals surface area contributed by atoms with Crippen molar-refractivity contribution in [1.29, 1.82) is 0 Å². The third kappa shape index (κ3) is 3.52. The zero-order chi connectivity index (χ0) is 22.1. The number of ketones is 1. The summed E-state index contributed by atoms with van der Waals surface area (Å²) in [5.74, 6) is -0.867. The molecule has 154 valence electrons. The lowest BCUT2D eigenvalue weighted by Crippen LogP contribution is -2.09. The quantitative estimate of drug-likeness (QED) is 0.317. The van der Waals surface area contributed by atoms with Crippen LogP contribution < -0.4 is 9.47 Å². The van der Waals surface area contributed by atoms with Gasteiger partial charge in [0, 0.05) is 35.9 Å². The molecule has 0 N–H and O–H groups in total. The summed E-state index contributed by atoms with van der Waals surface area (Å²) in [6.45, 7) is 0. The van der Waals surface area contributed by atoms with Crippen molar-refractivity contribution in [3.63, 3.8) is 0 Å². The molecule has 0 radical (unpaired) electrons. The second-order valence-corrected chi connectivity index (χ2v) is 7.01. The van der Waals surface area contributed by atoms with Gasteiger partial charge < -0.3 is 9.47 Å². The molecular formula is C25H14N2O5. The minimum absolute atomic E-state index is 0.242. The van der Waals surface area contributed by atoms with Gasteiger partial charge in [-0.15, -0.1) is 0 Å². The average Bonchev–Trinajstić information content (AvgIpc) is 3.11. The largest absolute Gasteiger partial charge is 0.423 e. The van der Waals surface area contributed by atoms with E-state index in [1.54, 1.807) is 60.9 Å². The minimum Gasteiger partial charge on any atom is -0.423 e. The maximum absolute atomic E-state index is 13.0. The molecule has 2 aromatic carbocycles. The molecule has 0 bridgehead atoms. The molecule has 0 atom stereocenters. The number of carbonyl (C=O) groups is 3. The van der Waals surface area contributed by atoms with E-state index in [4.69, 9.17) is 9.47 Å². The van der Waals surface area contributed by atoms with Gasteiger partial charge in [-0.25, -0.2) is 9.59 Å². The monoisotopic (exact) mass is 422 g/mol. The van der Waals surface area contributed by atoms with Crippen LogP contribution in [0, 0.1) is 0 Å². The van der Waals surface area contributed by atoms with Gasteiger partial charge in [-0.05, 0) is 71.8 Å². The lowest BCUT2D eigenvalue weighted by molar-refractivity contribution is 0.0724. The van der Waals surface area contributed by atoms with Gasteiger partial charge in [0.2, 0.25) is 0 Å². The first-order valence-electron chi connectivity index (χ1n) is 9.68. The van der Waals surface area contributed by atoms with Gasteiger partial charge in [0.25, 0.3) is 0 Å². The molecule has 0 amide bonds. The van der Waals surface area contributed by atoms with Crippen LogP contribution >= 0.6 is 0 Å². The van der Waals surface area contributed by atoms with Crippen LogP contribution in [0.1, 0.15) is 36.6 Å². The summed E-state index contributed by atoms with van der Waals surface area (Å²) in [5.41, 5.74) is 2.87. The molecule has 32 heavy (non-hydrogen) atoms. The smallest absolute Gasteiger partial charge is 0.345 e. The standard InChI is InChI=1S/C25H14N2O5/c28-23-21-11-17(31-24(29)15-3-1-9-26-13-15)5-7-19(21)20-8-6-18(12-22(20)23)32-25(30)16-4-2-10-27-14-16/h1-14H. The van der Waals surface area contributed by atoms with Gasteiger partial charge in [0.15, 0.2) is 5.78 Å². The van der Waals surface area contributed by atoms with Gasteiger partial charge in [0.05, 0.1) is 11.1 Å². The first-order chi connectivity index (χ1) is 15.6. The summed E-state index contributed by atoms with van der Waals surface area (Å²) in [6.07, 6.45) is 5.94. The van der Waals surface area contributed by atoms with Gasteiger partial charge in [0.1, 0.15) is 11.5 Å². The number of aromatic nitrogens is 2. The first kappa shape index (κ1) is 19.3. The number of rotatable bonds is 4. The fourth-order valence-electron chi connectivity index (χ4n) is 3.46. The van der Waals surface area contributed by atoms with Crippen molar-refractivity contribution in [3.05, 3.63) is 108 Å². The number of esters is 2. The molecule has 1 aliphatic rings. The molecule has 0 spiro atoms. The van der Waals surface area contributed by atoms with E-state index < -0.39 is 11.9 Å². The predicted octanol–water partition coefficient (Wildman–Crippen LogP) is 4.13. The van der Waals surface area contributed by atoms with Crippen molar-refractivity contribution in [2.24, 2.45) is 0 Å². The van der Waals surface area contributed by atoms with Crippen LogP contribution in [0.2, 0.25) is 0 Å². The fraction of sp³-hybridized carbons (Fsp3) is 0. The molecule has 2 aromatic heterocycles. The highest BCUT2D eigenvalue weighted by Crippen LogP contribution is 2.40. The SMILES string of the molecule is O=C(Oc1ccc2c(c1)C(=O)c1cc(OC(=O)c3cccnc3)ccc1-2)c1cccnc1. The number of nitrogens with zero attached hydrogens (tertiary/aromatic N) is 2. The second kappa shape index (κ2) is 7.88. The van der Waals surface area contributed by atoms with Crippen LogP contribution in [0.5, 0.6) is 11.5 Å². The molecule has 0 saturated heterocycles. The molecule has 0 unspecified atom stereocenters. The van der Waals surface area contributed by atoms with E-state index in [1.807, 2.05) is 0 Å². The Hall–Kier alpha value is -4.65. The lowest BCUT2D eigenvalue weighted by atomic mass is 10.1. The molecule has 5 rings (SSSR count). The van der Waals surface area contributed by atoms with Crippen molar-refractivity contribution in [2.75, 3.05) is 0 Å². The highest BCUT2D eigenvalue weighted by molar-refractivity contribution is 6.22. The Labute approximate surface area is 182 Å². The highest BCUT2D eigenvalue weighted by atomic mass is 16.5. The van der Waals surface area contributed by atoms with Crippen molar-refractivity contribution < 1.29 is 23.9 Å². The van der Waals surface area contributed by atoms with E-state index >= 15 is 0 Å². The normalized spacial score (nSPS) is 11.4. The second-order valence-electron chi connectivity index (χ2n) is 7.01. The number of hydrogen-bond acceptors (Lipinski definition) is 7. The number of ether oxygens (including phenoxy) is 2. The average molecular weight is 422 g/mol. The van der Waals surface area contributed by atoms with Gasteiger partial charge in [-0.2, -0.15) is 0 Å². The third-order valence-corrected chi connectivity index (χ3v) is 4.98. The molecule has 1 aliphatic carbocycles. The minimum atomic E-state index is -0.564. The van der Waals surface area contributed by atoms with E-state index in [9.17, 15) is 14.4 Å². The van der Waals surface area contributed by atoms with Crippen molar-refractivity contribution >= 4 is 17.7 Å². The Balaban J connectivity index is 1.38. The van der Waals surface area contributed by atoms with Gasteiger partial charge in [-0.1, -0.05) is 0 Å². The first-order valence-corrected chi connectivity index (χ1v) is 9.68. The van der Waals surface area contributed by atoms with Crippen LogP contribution in [-0.2, 0) is 0 Å². The molecule has 0 saturated carbocycles. The van der Waals surface area contributed by atoms with E-state index in [2.05, 4.69) is 9.97 Å². The van der Waals surface area contributed by atoms with E-state index in [1.165, 1.54) is 24.5 Å². The van der Waals surface area contributed by atoms with Crippen LogP contribution in [0.25, 0.3) is 11.1 Å². The topological polar surface area (TPSA) is 95.5 Å². The van der Waals surface area contributed by atoms with Crippen LogP contribution in [0.3, 0.4) is 0 Å². The Morgan fingerprint density at radius 3 is 1.50 bits per heavy atom. The lowest BCUT2D eigenvalue weighted by Gasteiger charge is -2.07. The van der Waals surface area contributed by atoms with Crippen LogP contribution in [-0.4, -0.2) is 27.7 Å². The van der Waals surface area contributed by atoms with Gasteiger partial charge in [-0.3, -0.25) is 14.8 Å². The number of hydrogen-bond donors (Lipinski definition) is 0. The Morgan fingerprint density at radius 1 is 0.625 bits per heavy atom. The molecule has 0 aliphatic heterocycles. The maximum Gasteiger partial charge on any atom is 0.345 e. The zero-order valence-electron chi connectivity index (χ0n) is 16.5. The molecule has 4 aromatic rings. The van der Waals surface area contributed by atoms with E-state index in [-0.39, 0.29) is 17.3 Å². The Morgan fingerprint density at radius 2 is 1.09 bits per heavy atom. The summed E-state index contributed by atoms with van der Waals surface area (Å²) in [7, 11) is 0. The molecule has 7 heteroatoms. The number of fused-ring (bicyclic) bond motifs is 3. The summed E-state index contributed by atoms with van der Waals surface area (Å²) in [4.78, 5) is 45.4. The van der Waals surface area contributed by atoms with E-state index in [0.29, 0.717) is 22.3 Å². The molecule has 0 fully saturated rings. The fourth-order valence-corrected chi connectivity index (χ4v) is 3.46. The summed E-state index contributed by atoms with van der Waals surface area (Å²) in [6, 6.07) is 16.3. The predicted molar refractivity (Wildman–Crippen MR) is 114 cm³/mol. The van der Waals surface area contributed by atoms with Crippen molar-refractivity contribution in [2.45, 2.75) is 0 Å². The highest BCUT2D eigenvalue weighted by Gasteiger charge is 2.28. The van der Waals surface area contributed by atoms with Crippen LogP contribution in [0.15, 0.2) is 85.5 Å². The Bertz CT molecular complexity index is 1260. The molecular weight excluding hydrogens is 408 g/mol.